The largest absolute Gasteiger partial charge is 0.238 e. The third kappa shape index (κ3) is 2.49. The second-order valence-corrected chi connectivity index (χ2v) is 6.82. The van der Waals surface area contributed by atoms with Crippen molar-refractivity contribution in [3.05, 3.63) is 65.2 Å². The lowest BCUT2D eigenvalue weighted by atomic mass is 9.79. The summed E-state index contributed by atoms with van der Waals surface area (Å²) in [7, 11) is -3.64. The number of fused-ring (bicyclic) bond motifs is 1. The number of aryl methyl sites for hydroxylation is 1. The molecule has 1 atom stereocenters. The molecule has 0 radical (unpaired) electrons. The Hall–Kier alpha value is -1.65. The van der Waals surface area contributed by atoms with E-state index in [-0.39, 0.29) is 10.8 Å². The SMILES string of the molecule is NS(=O)(=O)c1cccc(C2CCCc3ccccc32)c1. The minimum absolute atomic E-state index is 0.193. The Balaban J connectivity index is 2.07. The third-order valence-corrected chi connectivity index (χ3v) is 4.87. The first kappa shape index (κ1) is 13.3. The first-order valence-electron chi connectivity index (χ1n) is 6.76. The van der Waals surface area contributed by atoms with E-state index in [2.05, 4.69) is 18.2 Å². The van der Waals surface area contributed by atoms with E-state index in [4.69, 9.17) is 5.14 Å². The fourth-order valence-electron chi connectivity index (χ4n) is 3.01. The van der Waals surface area contributed by atoms with Gasteiger partial charge in [-0.05, 0) is 48.1 Å². The average molecular weight is 287 g/mol. The van der Waals surface area contributed by atoms with E-state index in [1.54, 1.807) is 18.2 Å². The Labute approximate surface area is 119 Å². The Kier molecular flexibility index (Phi) is 3.36. The van der Waals surface area contributed by atoms with Crippen molar-refractivity contribution in [2.45, 2.75) is 30.1 Å². The minimum Gasteiger partial charge on any atom is -0.225 e. The van der Waals surface area contributed by atoms with E-state index < -0.39 is 10.0 Å². The number of rotatable bonds is 2. The minimum atomic E-state index is -3.64. The van der Waals surface area contributed by atoms with E-state index in [0.717, 1.165) is 24.8 Å². The van der Waals surface area contributed by atoms with Crippen LogP contribution in [0.1, 0.15) is 35.4 Å². The lowest BCUT2D eigenvalue weighted by Gasteiger charge is -2.26. The highest BCUT2D eigenvalue weighted by molar-refractivity contribution is 7.89. The second-order valence-electron chi connectivity index (χ2n) is 5.26. The van der Waals surface area contributed by atoms with E-state index in [1.165, 1.54) is 11.1 Å². The van der Waals surface area contributed by atoms with Gasteiger partial charge in [0.15, 0.2) is 0 Å². The van der Waals surface area contributed by atoms with E-state index in [1.807, 2.05) is 12.1 Å². The lowest BCUT2D eigenvalue weighted by Crippen LogP contribution is -2.14. The molecule has 0 saturated carbocycles. The van der Waals surface area contributed by atoms with E-state index >= 15 is 0 Å². The Morgan fingerprint density at radius 1 is 1.05 bits per heavy atom. The van der Waals surface area contributed by atoms with Crippen LogP contribution in [0, 0.1) is 0 Å². The highest BCUT2D eigenvalue weighted by Gasteiger charge is 2.22. The summed E-state index contributed by atoms with van der Waals surface area (Å²) in [4.78, 5) is 0.193. The molecule has 3 nitrogen and oxygen atoms in total. The van der Waals surface area contributed by atoms with Crippen LogP contribution >= 0.6 is 0 Å². The monoisotopic (exact) mass is 287 g/mol. The van der Waals surface area contributed by atoms with Gasteiger partial charge in [-0.25, -0.2) is 13.6 Å². The Morgan fingerprint density at radius 3 is 2.65 bits per heavy atom. The van der Waals surface area contributed by atoms with Gasteiger partial charge in [0.1, 0.15) is 0 Å². The lowest BCUT2D eigenvalue weighted by molar-refractivity contribution is 0.596. The molecular weight excluding hydrogens is 270 g/mol. The summed E-state index contributed by atoms with van der Waals surface area (Å²) in [5.74, 6) is 0.265. The van der Waals surface area contributed by atoms with E-state index in [0.29, 0.717) is 0 Å². The molecule has 3 rings (SSSR count). The molecule has 104 valence electrons. The number of hydrogen-bond acceptors (Lipinski definition) is 2. The van der Waals surface area contributed by atoms with Gasteiger partial charge >= 0.3 is 0 Å². The predicted molar refractivity (Wildman–Crippen MR) is 79.0 cm³/mol. The molecule has 0 bridgehead atoms. The van der Waals surface area contributed by atoms with Crippen LogP contribution in [-0.2, 0) is 16.4 Å². The average Bonchev–Trinajstić information content (AvgIpc) is 2.46. The van der Waals surface area contributed by atoms with Crippen molar-refractivity contribution in [1.82, 2.24) is 0 Å². The topological polar surface area (TPSA) is 60.2 Å². The maximum atomic E-state index is 11.5. The van der Waals surface area contributed by atoms with Gasteiger partial charge in [0.25, 0.3) is 0 Å². The molecule has 4 heteroatoms. The normalized spacial score (nSPS) is 18.6. The Morgan fingerprint density at radius 2 is 1.85 bits per heavy atom. The van der Waals surface area contributed by atoms with Crippen molar-refractivity contribution in [2.75, 3.05) is 0 Å². The first-order chi connectivity index (χ1) is 9.55. The number of hydrogen-bond donors (Lipinski definition) is 1. The molecule has 2 aromatic carbocycles. The molecule has 0 aromatic heterocycles. The molecule has 0 spiro atoms. The maximum Gasteiger partial charge on any atom is 0.238 e. The van der Waals surface area contributed by atoms with Crippen molar-refractivity contribution in [3.63, 3.8) is 0 Å². The van der Waals surface area contributed by atoms with Crippen LogP contribution in [0.5, 0.6) is 0 Å². The summed E-state index contributed by atoms with van der Waals surface area (Å²) in [5, 5.41) is 5.22. The quantitative estimate of drug-likeness (QED) is 0.923. The number of benzene rings is 2. The van der Waals surface area contributed by atoms with Crippen LogP contribution < -0.4 is 5.14 Å². The second kappa shape index (κ2) is 5.04. The zero-order chi connectivity index (χ0) is 14.2. The van der Waals surface area contributed by atoms with Crippen molar-refractivity contribution >= 4 is 10.0 Å². The molecule has 1 unspecified atom stereocenters. The van der Waals surface area contributed by atoms with Gasteiger partial charge in [-0.2, -0.15) is 0 Å². The summed E-state index contributed by atoms with van der Waals surface area (Å²) in [6.45, 7) is 0. The van der Waals surface area contributed by atoms with E-state index in [9.17, 15) is 8.42 Å². The van der Waals surface area contributed by atoms with Crippen molar-refractivity contribution in [2.24, 2.45) is 5.14 Å². The molecule has 0 fully saturated rings. The first-order valence-corrected chi connectivity index (χ1v) is 8.31. The van der Waals surface area contributed by atoms with Gasteiger partial charge in [0, 0.05) is 5.92 Å². The van der Waals surface area contributed by atoms with Crippen LogP contribution in [0.15, 0.2) is 53.4 Å². The van der Waals surface area contributed by atoms with Gasteiger partial charge in [-0.3, -0.25) is 0 Å². The molecule has 0 saturated heterocycles. The van der Waals surface area contributed by atoms with Crippen LogP contribution in [0.3, 0.4) is 0 Å². The summed E-state index contributed by atoms with van der Waals surface area (Å²) < 4.78 is 23.0. The van der Waals surface area contributed by atoms with Crippen LogP contribution in [0.4, 0.5) is 0 Å². The summed E-state index contributed by atoms with van der Waals surface area (Å²) in [6, 6.07) is 15.4. The highest BCUT2D eigenvalue weighted by atomic mass is 32.2. The smallest absolute Gasteiger partial charge is 0.225 e. The zero-order valence-corrected chi connectivity index (χ0v) is 11.9. The molecule has 2 aromatic rings. The summed E-state index contributed by atoms with van der Waals surface area (Å²) >= 11 is 0. The number of sulfonamides is 1. The van der Waals surface area contributed by atoms with Crippen molar-refractivity contribution < 1.29 is 8.42 Å². The van der Waals surface area contributed by atoms with Crippen molar-refractivity contribution in [1.29, 1.82) is 0 Å². The van der Waals surface area contributed by atoms with Crippen LogP contribution in [-0.4, -0.2) is 8.42 Å². The number of nitrogens with two attached hydrogens (primary N) is 1. The van der Waals surface area contributed by atoms with Gasteiger partial charge in [0.05, 0.1) is 4.90 Å². The Bertz CT molecular complexity index is 738. The summed E-state index contributed by atoms with van der Waals surface area (Å²) in [5.41, 5.74) is 3.71. The third-order valence-electron chi connectivity index (χ3n) is 3.96. The predicted octanol–water partition coefficient (Wildman–Crippen LogP) is 2.80. The van der Waals surface area contributed by atoms with Crippen LogP contribution in [0.25, 0.3) is 0 Å². The molecule has 0 heterocycles. The van der Waals surface area contributed by atoms with Crippen molar-refractivity contribution in [3.8, 4) is 0 Å². The highest BCUT2D eigenvalue weighted by Crippen LogP contribution is 2.36. The molecule has 0 amide bonds. The van der Waals surface area contributed by atoms with Gasteiger partial charge in [0.2, 0.25) is 10.0 Å². The zero-order valence-electron chi connectivity index (χ0n) is 11.1. The van der Waals surface area contributed by atoms with Gasteiger partial charge in [-0.15, -0.1) is 0 Å². The molecule has 2 N–H and O–H groups in total. The fraction of sp³-hybridized carbons (Fsp3) is 0.250. The molecule has 1 aliphatic rings. The standard InChI is InChI=1S/C16H17NO2S/c17-20(18,19)14-8-3-7-13(11-14)16-10-4-6-12-5-1-2-9-15(12)16/h1-3,5,7-9,11,16H,4,6,10H2,(H2,17,18,19). The number of primary sulfonamides is 1. The molecular formula is C16H17NO2S. The molecule has 1 aliphatic carbocycles. The van der Waals surface area contributed by atoms with Gasteiger partial charge < -0.3 is 0 Å². The molecule has 0 aliphatic heterocycles. The van der Waals surface area contributed by atoms with Crippen LogP contribution in [0.2, 0.25) is 0 Å². The fourth-order valence-corrected chi connectivity index (χ4v) is 3.58. The molecule has 20 heavy (non-hydrogen) atoms. The maximum absolute atomic E-state index is 11.5. The summed E-state index contributed by atoms with van der Waals surface area (Å²) in [6.07, 6.45) is 3.27. The van der Waals surface area contributed by atoms with Gasteiger partial charge in [-0.1, -0.05) is 36.4 Å².